The highest BCUT2D eigenvalue weighted by molar-refractivity contribution is 7.91. The zero-order valence-corrected chi connectivity index (χ0v) is 20.0. The fourth-order valence-corrected chi connectivity index (χ4v) is 4.78. The van der Waals surface area contributed by atoms with E-state index in [-0.39, 0.29) is 15.9 Å². The van der Waals surface area contributed by atoms with Gasteiger partial charge >= 0.3 is 0 Å². The third kappa shape index (κ3) is 4.64. The summed E-state index contributed by atoms with van der Waals surface area (Å²) in [7, 11) is -3.65. The molecular weight excluding hydrogens is 446 g/mol. The molecule has 0 aliphatic rings. The highest BCUT2D eigenvalue weighted by Crippen LogP contribution is 2.24. The minimum Gasteiger partial charge on any atom is -0.318 e. The number of aryl methyl sites for hydroxylation is 2. The maximum absolute atomic E-state index is 12.6. The Morgan fingerprint density at radius 2 is 1.88 bits per heavy atom. The zero-order chi connectivity index (χ0) is 23.6. The summed E-state index contributed by atoms with van der Waals surface area (Å²) in [6.07, 6.45) is 1.51. The predicted molar refractivity (Wildman–Crippen MR) is 124 cm³/mol. The molecule has 3 aromatic rings. The predicted octanol–water partition coefficient (Wildman–Crippen LogP) is 3.98. The Balaban J connectivity index is 1.88. The minimum absolute atomic E-state index is 0.0144. The van der Waals surface area contributed by atoms with Gasteiger partial charge in [0.1, 0.15) is 11.6 Å². The molecule has 1 aromatic carbocycles. The first-order chi connectivity index (χ1) is 15.0. The number of hydrogen-bond donors (Lipinski definition) is 1. The second-order valence-electron chi connectivity index (χ2n) is 7.60. The Labute approximate surface area is 191 Å². The van der Waals surface area contributed by atoms with Crippen LogP contribution in [0.2, 0.25) is 0 Å². The fraction of sp³-hybridized carbons (Fsp3) is 0.273. The lowest BCUT2D eigenvalue weighted by molar-refractivity contribution is -0.112. The van der Waals surface area contributed by atoms with Gasteiger partial charge in [0.2, 0.25) is 15.0 Å². The number of carbonyl (C=O) groups is 1. The topological polar surface area (TPSA) is 118 Å². The van der Waals surface area contributed by atoms with E-state index in [0.29, 0.717) is 0 Å². The number of amides is 1. The van der Waals surface area contributed by atoms with Crippen molar-refractivity contribution >= 4 is 38.5 Å². The van der Waals surface area contributed by atoms with Crippen molar-refractivity contribution in [2.75, 3.05) is 5.32 Å². The van der Waals surface area contributed by atoms with Gasteiger partial charge in [-0.25, -0.2) is 8.42 Å². The average molecular weight is 470 g/mol. The number of nitrogens with one attached hydrogen (secondary N) is 1. The highest BCUT2D eigenvalue weighted by Gasteiger charge is 2.25. The van der Waals surface area contributed by atoms with Gasteiger partial charge in [0.15, 0.2) is 0 Å². The van der Waals surface area contributed by atoms with E-state index in [1.54, 1.807) is 0 Å². The van der Waals surface area contributed by atoms with Gasteiger partial charge in [-0.05, 0) is 64.5 Å². The Morgan fingerprint density at radius 3 is 2.47 bits per heavy atom. The molecule has 1 N–H and O–H groups in total. The van der Waals surface area contributed by atoms with Crippen LogP contribution in [0.1, 0.15) is 36.4 Å². The first-order valence-corrected chi connectivity index (χ1v) is 12.1. The van der Waals surface area contributed by atoms with Crippen molar-refractivity contribution in [2.45, 2.75) is 45.0 Å². The third-order valence-electron chi connectivity index (χ3n) is 4.93. The molecule has 0 fully saturated rings. The molecular formula is C22H23N5O3S2. The van der Waals surface area contributed by atoms with Crippen LogP contribution >= 0.6 is 11.5 Å². The van der Waals surface area contributed by atoms with Gasteiger partial charge < -0.3 is 4.57 Å². The van der Waals surface area contributed by atoms with Crippen molar-refractivity contribution < 1.29 is 13.2 Å². The number of benzene rings is 1. The van der Waals surface area contributed by atoms with E-state index >= 15 is 0 Å². The Hall–Kier alpha value is -3.29. The quantitative estimate of drug-likeness (QED) is 0.431. The van der Waals surface area contributed by atoms with E-state index in [9.17, 15) is 18.5 Å². The second-order valence-corrected chi connectivity index (χ2v) is 10.7. The van der Waals surface area contributed by atoms with Crippen LogP contribution in [-0.4, -0.2) is 33.5 Å². The molecule has 0 spiro atoms. The van der Waals surface area contributed by atoms with E-state index < -0.39 is 21.0 Å². The summed E-state index contributed by atoms with van der Waals surface area (Å²) < 4.78 is 30.2. The molecule has 2 aromatic heterocycles. The van der Waals surface area contributed by atoms with Crippen molar-refractivity contribution in [3.05, 3.63) is 58.4 Å². The summed E-state index contributed by atoms with van der Waals surface area (Å²) in [6.45, 7) is 8.94. The maximum Gasteiger partial charge on any atom is 0.268 e. The van der Waals surface area contributed by atoms with E-state index in [2.05, 4.69) is 14.7 Å². The molecule has 0 unspecified atom stereocenters. The normalized spacial score (nSPS) is 12.1. The van der Waals surface area contributed by atoms with E-state index in [0.717, 1.165) is 39.7 Å². The van der Waals surface area contributed by atoms with E-state index in [4.69, 9.17) is 0 Å². The molecule has 0 aliphatic heterocycles. The molecule has 2 heterocycles. The molecule has 8 nitrogen and oxygen atoms in total. The maximum atomic E-state index is 12.6. The molecule has 0 atom stereocenters. The number of sulfone groups is 1. The number of nitriles is 1. The number of rotatable bonds is 6. The van der Waals surface area contributed by atoms with Gasteiger partial charge in [-0.15, -0.1) is 0 Å². The first kappa shape index (κ1) is 23.4. The van der Waals surface area contributed by atoms with Crippen LogP contribution in [0.4, 0.5) is 5.13 Å². The summed E-state index contributed by atoms with van der Waals surface area (Å²) in [6, 6.07) is 11.9. The lowest BCUT2D eigenvalue weighted by Crippen LogP contribution is -2.16. The van der Waals surface area contributed by atoms with Crippen molar-refractivity contribution in [3.63, 3.8) is 0 Å². The van der Waals surface area contributed by atoms with Crippen molar-refractivity contribution in [3.8, 4) is 11.8 Å². The third-order valence-corrected chi connectivity index (χ3v) is 7.61. The standard InChI is InChI=1S/C22H23N5O3S2/c1-13(2)32(29,30)22-25-21(31-26-22)24-20(28)18(12-23)11-17-10-15(4)27(16(17)5)19-8-6-14(3)7-9-19/h6-11,13H,1-5H3,(H,24,25,26,28). The Kier molecular flexibility index (Phi) is 6.62. The average Bonchev–Trinajstić information content (AvgIpc) is 3.31. The lowest BCUT2D eigenvalue weighted by Gasteiger charge is -2.10. The van der Waals surface area contributed by atoms with Crippen LogP contribution in [0.15, 0.2) is 41.1 Å². The van der Waals surface area contributed by atoms with E-state index in [1.165, 1.54) is 19.9 Å². The molecule has 10 heteroatoms. The molecule has 0 bridgehead atoms. The van der Waals surface area contributed by atoms with Crippen molar-refractivity contribution in [1.29, 1.82) is 5.26 Å². The van der Waals surface area contributed by atoms with Gasteiger partial charge in [-0.1, -0.05) is 17.7 Å². The van der Waals surface area contributed by atoms with Crippen LogP contribution in [0, 0.1) is 32.1 Å². The van der Waals surface area contributed by atoms with Gasteiger partial charge in [0.05, 0.1) is 5.25 Å². The number of carbonyl (C=O) groups excluding carboxylic acids is 1. The Morgan fingerprint density at radius 1 is 1.22 bits per heavy atom. The van der Waals surface area contributed by atoms with E-state index in [1.807, 2.05) is 61.7 Å². The number of hydrogen-bond acceptors (Lipinski definition) is 7. The summed E-state index contributed by atoms with van der Waals surface area (Å²) in [5, 5.41) is 11.0. The first-order valence-electron chi connectivity index (χ1n) is 9.81. The zero-order valence-electron chi connectivity index (χ0n) is 18.4. The van der Waals surface area contributed by atoms with Crippen molar-refractivity contribution in [1.82, 2.24) is 13.9 Å². The lowest BCUT2D eigenvalue weighted by atomic mass is 10.1. The summed E-state index contributed by atoms with van der Waals surface area (Å²) >= 11 is 0.751. The molecule has 0 saturated heterocycles. The van der Waals surface area contributed by atoms with Gasteiger partial charge in [0.25, 0.3) is 11.1 Å². The molecule has 0 radical (unpaired) electrons. The highest BCUT2D eigenvalue weighted by atomic mass is 32.2. The van der Waals surface area contributed by atoms with Crippen LogP contribution < -0.4 is 5.32 Å². The summed E-state index contributed by atoms with van der Waals surface area (Å²) in [5.41, 5.74) is 4.59. The van der Waals surface area contributed by atoms with Gasteiger partial charge in [-0.2, -0.15) is 14.6 Å². The molecule has 3 rings (SSSR count). The van der Waals surface area contributed by atoms with Gasteiger partial charge in [0, 0.05) is 28.6 Å². The smallest absolute Gasteiger partial charge is 0.268 e. The second kappa shape index (κ2) is 9.06. The molecule has 0 aliphatic carbocycles. The SMILES string of the molecule is Cc1ccc(-n2c(C)cc(C=C(C#N)C(=O)Nc3nc(S(=O)(=O)C(C)C)ns3)c2C)cc1. The molecule has 1 amide bonds. The minimum atomic E-state index is -3.65. The number of nitrogens with zero attached hydrogens (tertiary/aromatic N) is 4. The number of anilines is 1. The monoisotopic (exact) mass is 469 g/mol. The van der Waals surface area contributed by atoms with Crippen LogP contribution in [-0.2, 0) is 14.6 Å². The summed E-state index contributed by atoms with van der Waals surface area (Å²) in [5.74, 6) is -0.683. The van der Waals surface area contributed by atoms with Crippen LogP contribution in [0.25, 0.3) is 11.8 Å². The van der Waals surface area contributed by atoms with Crippen LogP contribution in [0.5, 0.6) is 0 Å². The van der Waals surface area contributed by atoms with Crippen LogP contribution in [0.3, 0.4) is 0 Å². The largest absolute Gasteiger partial charge is 0.318 e. The molecule has 0 saturated carbocycles. The number of aromatic nitrogens is 3. The fourth-order valence-electron chi connectivity index (χ4n) is 3.08. The molecule has 32 heavy (non-hydrogen) atoms. The molecule has 166 valence electrons. The summed E-state index contributed by atoms with van der Waals surface area (Å²) in [4.78, 5) is 16.5. The van der Waals surface area contributed by atoms with Crippen molar-refractivity contribution in [2.24, 2.45) is 0 Å². The Bertz CT molecular complexity index is 1340. The van der Waals surface area contributed by atoms with Gasteiger partial charge in [-0.3, -0.25) is 10.1 Å².